The van der Waals surface area contributed by atoms with Gasteiger partial charge in [-0.15, -0.1) is 0 Å². The number of hydrogen-bond donors (Lipinski definition) is 1. The van der Waals surface area contributed by atoms with Gasteiger partial charge in [0.25, 0.3) is 0 Å². The Hall–Kier alpha value is -2.91. The van der Waals surface area contributed by atoms with Gasteiger partial charge in [-0.1, -0.05) is 72.3 Å². The zero-order valence-electron chi connectivity index (χ0n) is 14.1. The average Bonchev–Trinajstić information content (AvgIpc) is 2.87. The Morgan fingerprint density at radius 3 is 1.92 bits per heavy atom. The highest BCUT2D eigenvalue weighted by molar-refractivity contribution is 6.37. The number of ketones is 2. The molecule has 0 bridgehead atoms. The van der Waals surface area contributed by atoms with Crippen LogP contribution in [0.4, 0.5) is 5.69 Å². The molecule has 0 saturated heterocycles. The second-order valence-corrected chi connectivity index (χ2v) is 6.78. The van der Waals surface area contributed by atoms with Crippen molar-refractivity contribution >= 4 is 28.9 Å². The summed E-state index contributed by atoms with van der Waals surface area (Å²) < 4.78 is 0. The molecule has 0 spiro atoms. The topological polar surface area (TPSA) is 46.2 Å². The van der Waals surface area contributed by atoms with Crippen molar-refractivity contribution in [3.05, 3.63) is 100 Å². The highest BCUT2D eigenvalue weighted by Gasteiger charge is 2.55. The van der Waals surface area contributed by atoms with Crippen molar-refractivity contribution in [2.24, 2.45) is 0 Å². The van der Waals surface area contributed by atoms with Gasteiger partial charge < -0.3 is 5.32 Å². The summed E-state index contributed by atoms with van der Waals surface area (Å²) in [7, 11) is 0. The Morgan fingerprint density at radius 2 is 1.31 bits per heavy atom. The number of para-hydroxylation sites is 1. The predicted molar refractivity (Wildman–Crippen MR) is 103 cm³/mol. The molecule has 128 valence electrons. The molecule has 0 amide bonds. The zero-order valence-corrected chi connectivity index (χ0v) is 14.9. The minimum atomic E-state index is -1.56. The summed E-state index contributed by atoms with van der Waals surface area (Å²) in [5.41, 5.74) is 1.40. The Kier molecular flexibility index (Phi) is 3.89. The summed E-state index contributed by atoms with van der Waals surface area (Å²) in [6.07, 6.45) is 0. The first-order valence-electron chi connectivity index (χ1n) is 8.33. The minimum Gasteiger partial charge on any atom is -0.362 e. The number of carbonyl (C=O) groups excluding carboxylic acids is 2. The fourth-order valence-electron chi connectivity index (χ4n) is 3.49. The number of carbonyl (C=O) groups is 2. The fourth-order valence-corrected chi connectivity index (χ4v) is 3.77. The summed E-state index contributed by atoms with van der Waals surface area (Å²) in [4.78, 5) is 26.9. The molecule has 0 aliphatic heterocycles. The van der Waals surface area contributed by atoms with Gasteiger partial charge in [0.2, 0.25) is 11.6 Å². The van der Waals surface area contributed by atoms with Gasteiger partial charge in [-0.05, 0) is 24.6 Å². The average molecular weight is 362 g/mol. The van der Waals surface area contributed by atoms with E-state index in [9.17, 15) is 9.59 Å². The maximum Gasteiger partial charge on any atom is 0.201 e. The minimum absolute atomic E-state index is 0.283. The SMILES string of the molecule is Cc1ccccc1NC1(c2ccccc2Cl)C(=O)c2ccccc2C1=O. The molecule has 26 heavy (non-hydrogen) atoms. The first-order valence-corrected chi connectivity index (χ1v) is 8.71. The van der Waals surface area contributed by atoms with Gasteiger partial charge in [0.05, 0.1) is 0 Å². The second-order valence-electron chi connectivity index (χ2n) is 6.37. The van der Waals surface area contributed by atoms with Crippen LogP contribution in [0.1, 0.15) is 31.8 Å². The lowest BCUT2D eigenvalue weighted by Crippen LogP contribution is -2.46. The molecule has 0 heterocycles. The van der Waals surface area contributed by atoms with E-state index in [1.165, 1.54) is 0 Å². The molecule has 3 nitrogen and oxygen atoms in total. The van der Waals surface area contributed by atoms with E-state index in [-0.39, 0.29) is 11.6 Å². The van der Waals surface area contributed by atoms with Crippen LogP contribution in [0.15, 0.2) is 72.8 Å². The van der Waals surface area contributed by atoms with E-state index in [4.69, 9.17) is 11.6 Å². The van der Waals surface area contributed by atoms with E-state index in [1.54, 1.807) is 48.5 Å². The van der Waals surface area contributed by atoms with Crippen molar-refractivity contribution in [3.63, 3.8) is 0 Å². The van der Waals surface area contributed by atoms with Gasteiger partial charge in [0, 0.05) is 27.4 Å². The summed E-state index contributed by atoms with van der Waals surface area (Å²) in [6.45, 7) is 1.93. The third-order valence-corrected chi connectivity index (χ3v) is 5.17. The number of hydrogen-bond acceptors (Lipinski definition) is 3. The van der Waals surface area contributed by atoms with Crippen LogP contribution >= 0.6 is 11.6 Å². The molecular formula is C22H16ClNO2. The van der Waals surface area contributed by atoms with Gasteiger partial charge in [0.15, 0.2) is 5.54 Å². The molecular weight excluding hydrogens is 346 g/mol. The molecule has 1 aliphatic rings. The van der Waals surface area contributed by atoms with E-state index in [2.05, 4.69) is 5.32 Å². The van der Waals surface area contributed by atoms with Gasteiger partial charge in [-0.2, -0.15) is 0 Å². The van der Waals surface area contributed by atoms with Crippen molar-refractivity contribution in [1.29, 1.82) is 0 Å². The van der Waals surface area contributed by atoms with Crippen LogP contribution in [0.2, 0.25) is 5.02 Å². The molecule has 1 aliphatic carbocycles. The molecule has 0 aromatic heterocycles. The van der Waals surface area contributed by atoms with Crippen molar-refractivity contribution in [2.45, 2.75) is 12.5 Å². The molecule has 0 unspecified atom stereocenters. The number of halogens is 1. The molecule has 1 N–H and O–H groups in total. The maximum absolute atomic E-state index is 13.5. The Bertz CT molecular complexity index is 1010. The van der Waals surface area contributed by atoms with Crippen molar-refractivity contribution in [3.8, 4) is 0 Å². The van der Waals surface area contributed by atoms with Crippen LogP contribution in [0, 0.1) is 6.92 Å². The summed E-state index contributed by atoms with van der Waals surface area (Å²) in [5, 5.41) is 3.62. The van der Waals surface area contributed by atoms with Gasteiger partial charge >= 0.3 is 0 Å². The quantitative estimate of drug-likeness (QED) is 0.665. The summed E-state index contributed by atoms with van der Waals surface area (Å²) in [6, 6.07) is 21.5. The lowest BCUT2D eigenvalue weighted by Gasteiger charge is -2.30. The lowest BCUT2D eigenvalue weighted by molar-refractivity contribution is 0.0819. The molecule has 4 rings (SSSR count). The van der Waals surface area contributed by atoms with Crippen LogP contribution in [0.5, 0.6) is 0 Å². The number of rotatable bonds is 3. The van der Waals surface area contributed by atoms with Crippen molar-refractivity contribution < 1.29 is 9.59 Å². The third-order valence-electron chi connectivity index (χ3n) is 4.84. The molecule has 0 saturated carbocycles. The van der Waals surface area contributed by atoms with E-state index in [1.807, 2.05) is 31.2 Å². The van der Waals surface area contributed by atoms with Gasteiger partial charge in [-0.3, -0.25) is 9.59 Å². The van der Waals surface area contributed by atoms with E-state index in [0.29, 0.717) is 21.7 Å². The molecule has 0 radical (unpaired) electrons. The van der Waals surface area contributed by atoms with Crippen LogP contribution in [0.25, 0.3) is 0 Å². The molecule has 3 aromatic carbocycles. The Morgan fingerprint density at radius 1 is 0.769 bits per heavy atom. The second kappa shape index (κ2) is 6.11. The van der Waals surface area contributed by atoms with Crippen molar-refractivity contribution in [1.82, 2.24) is 0 Å². The molecule has 0 fully saturated rings. The van der Waals surface area contributed by atoms with Gasteiger partial charge in [0.1, 0.15) is 0 Å². The first kappa shape index (κ1) is 16.6. The fraction of sp³-hybridized carbons (Fsp3) is 0.0909. The largest absolute Gasteiger partial charge is 0.362 e. The number of aryl methyl sites for hydroxylation is 1. The summed E-state index contributed by atoms with van der Waals surface area (Å²) in [5.74, 6) is -0.566. The normalized spacial score (nSPS) is 15.0. The van der Waals surface area contributed by atoms with Crippen molar-refractivity contribution in [2.75, 3.05) is 5.32 Å². The lowest BCUT2D eigenvalue weighted by atomic mass is 9.84. The number of fused-ring (bicyclic) bond motifs is 1. The zero-order chi connectivity index (χ0) is 18.3. The monoisotopic (exact) mass is 361 g/mol. The standard InChI is InChI=1S/C22H16ClNO2/c1-14-8-2-7-13-19(14)24-22(17-11-5-6-12-18(17)23)20(25)15-9-3-4-10-16(15)21(22)26/h2-13,24H,1H3. The van der Waals surface area contributed by atoms with Gasteiger partial charge in [-0.25, -0.2) is 0 Å². The van der Waals surface area contributed by atoms with Crippen LogP contribution in [-0.4, -0.2) is 11.6 Å². The predicted octanol–water partition coefficient (Wildman–Crippen LogP) is 5.04. The van der Waals surface area contributed by atoms with Crippen LogP contribution in [-0.2, 0) is 5.54 Å². The van der Waals surface area contributed by atoms with E-state index in [0.717, 1.165) is 11.3 Å². The smallest absolute Gasteiger partial charge is 0.201 e. The maximum atomic E-state index is 13.5. The van der Waals surface area contributed by atoms with E-state index >= 15 is 0 Å². The summed E-state index contributed by atoms with van der Waals surface area (Å²) >= 11 is 6.43. The highest BCUT2D eigenvalue weighted by atomic mass is 35.5. The molecule has 4 heteroatoms. The van der Waals surface area contributed by atoms with E-state index < -0.39 is 5.54 Å². The van der Waals surface area contributed by atoms with Crippen LogP contribution in [0.3, 0.4) is 0 Å². The number of benzene rings is 3. The van der Waals surface area contributed by atoms with Crippen LogP contribution < -0.4 is 5.32 Å². The highest BCUT2D eigenvalue weighted by Crippen LogP contribution is 2.43. The number of anilines is 1. The first-order chi connectivity index (χ1) is 12.6. The molecule has 3 aromatic rings. The number of nitrogens with one attached hydrogen (secondary N) is 1. The third kappa shape index (κ3) is 2.28. The Balaban J connectivity index is 1.98. The number of Topliss-reactive ketones (excluding diaryl/α,β-unsaturated/α-hetero) is 2. The molecule has 0 atom stereocenters. The Labute approximate surface area is 156 Å².